The molecule has 1 aliphatic carbocycles. The van der Waals surface area contributed by atoms with Gasteiger partial charge in [0.2, 0.25) is 0 Å². The van der Waals surface area contributed by atoms with Crippen LogP contribution in [0.25, 0.3) is 0 Å². The summed E-state index contributed by atoms with van der Waals surface area (Å²) >= 11 is 0. The Morgan fingerprint density at radius 1 is 1.50 bits per heavy atom. The number of rotatable bonds is 3. The SMILES string of the molecule is CC1COCCC1(CN)N(C)C1CC1. The van der Waals surface area contributed by atoms with Crippen LogP contribution in [0, 0.1) is 5.92 Å². The van der Waals surface area contributed by atoms with Crippen molar-refractivity contribution in [1.29, 1.82) is 0 Å². The van der Waals surface area contributed by atoms with Crippen LogP contribution in [-0.2, 0) is 4.74 Å². The minimum absolute atomic E-state index is 0.208. The van der Waals surface area contributed by atoms with Gasteiger partial charge < -0.3 is 10.5 Å². The molecule has 14 heavy (non-hydrogen) atoms. The molecule has 2 rings (SSSR count). The number of ether oxygens (including phenoxy) is 1. The zero-order chi connectivity index (χ0) is 10.2. The largest absolute Gasteiger partial charge is 0.381 e. The van der Waals surface area contributed by atoms with E-state index in [1.165, 1.54) is 12.8 Å². The van der Waals surface area contributed by atoms with Gasteiger partial charge in [0, 0.05) is 24.7 Å². The zero-order valence-corrected chi connectivity index (χ0v) is 9.33. The third-order valence-corrected chi connectivity index (χ3v) is 4.11. The summed E-state index contributed by atoms with van der Waals surface area (Å²) in [6, 6.07) is 0.791. The van der Waals surface area contributed by atoms with Crippen molar-refractivity contribution >= 4 is 0 Å². The summed E-state index contributed by atoms with van der Waals surface area (Å²) in [6.07, 6.45) is 3.80. The summed E-state index contributed by atoms with van der Waals surface area (Å²) < 4.78 is 5.51. The van der Waals surface area contributed by atoms with Gasteiger partial charge in [-0.1, -0.05) is 6.92 Å². The van der Waals surface area contributed by atoms with E-state index in [-0.39, 0.29) is 5.54 Å². The first-order valence-electron chi connectivity index (χ1n) is 5.71. The van der Waals surface area contributed by atoms with E-state index in [0.29, 0.717) is 5.92 Å². The van der Waals surface area contributed by atoms with Crippen molar-refractivity contribution in [1.82, 2.24) is 4.90 Å². The molecule has 2 unspecified atom stereocenters. The fourth-order valence-electron chi connectivity index (χ4n) is 2.71. The van der Waals surface area contributed by atoms with Crippen LogP contribution in [0.3, 0.4) is 0 Å². The van der Waals surface area contributed by atoms with Gasteiger partial charge in [-0.05, 0) is 32.2 Å². The Labute approximate surface area is 86.6 Å². The van der Waals surface area contributed by atoms with E-state index in [4.69, 9.17) is 10.5 Å². The van der Waals surface area contributed by atoms with Gasteiger partial charge in [0.05, 0.1) is 6.61 Å². The van der Waals surface area contributed by atoms with Crippen molar-refractivity contribution in [3.05, 3.63) is 0 Å². The van der Waals surface area contributed by atoms with Crippen LogP contribution < -0.4 is 5.73 Å². The molecule has 3 heteroatoms. The second-order valence-corrected chi connectivity index (χ2v) is 4.88. The Hall–Kier alpha value is -0.120. The van der Waals surface area contributed by atoms with Gasteiger partial charge in [-0.2, -0.15) is 0 Å². The van der Waals surface area contributed by atoms with Crippen molar-refractivity contribution in [2.75, 3.05) is 26.8 Å². The fourth-order valence-corrected chi connectivity index (χ4v) is 2.71. The molecule has 2 atom stereocenters. The molecular formula is C11H22N2O. The maximum Gasteiger partial charge on any atom is 0.0509 e. The molecule has 2 fully saturated rings. The Balaban J connectivity index is 2.12. The van der Waals surface area contributed by atoms with Gasteiger partial charge in [0.15, 0.2) is 0 Å². The van der Waals surface area contributed by atoms with Crippen LogP contribution in [0.15, 0.2) is 0 Å². The second-order valence-electron chi connectivity index (χ2n) is 4.88. The number of hydrogen-bond donors (Lipinski definition) is 1. The molecule has 0 aromatic carbocycles. The number of nitrogens with zero attached hydrogens (tertiary/aromatic N) is 1. The first-order chi connectivity index (χ1) is 6.70. The van der Waals surface area contributed by atoms with Gasteiger partial charge in [0.1, 0.15) is 0 Å². The molecule has 2 aliphatic rings. The highest BCUT2D eigenvalue weighted by atomic mass is 16.5. The van der Waals surface area contributed by atoms with Crippen LogP contribution >= 0.6 is 0 Å². The van der Waals surface area contributed by atoms with Gasteiger partial charge in [0.25, 0.3) is 0 Å². The maximum atomic E-state index is 6.00. The third-order valence-electron chi connectivity index (χ3n) is 4.11. The lowest BCUT2D eigenvalue weighted by atomic mass is 9.79. The average Bonchev–Trinajstić information content (AvgIpc) is 3.01. The third kappa shape index (κ3) is 1.58. The maximum absolute atomic E-state index is 6.00. The van der Waals surface area contributed by atoms with Crippen molar-refractivity contribution in [2.45, 2.75) is 37.8 Å². The summed E-state index contributed by atoms with van der Waals surface area (Å²) in [5.74, 6) is 0.562. The standard InChI is InChI=1S/C11H22N2O/c1-9-7-14-6-5-11(9,8-12)13(2)10-3-4-10/h9-10H,3-8,12H2,1-2H3. The Morgan fingerprint density at radius 2 is 2.21 bits per heavy atom. The molecule has 0 amide bonds. The fraction of sp³-hybridized carbons (Fsp3) is 1.00. The topological polar surface area (TPSA) is 38.5 Å². The summed E-state index contributed by atoms with van der Waals surface area (Å²) in [5, 5.41) is 0. The van der Waals surface area contributed by atoms with Crippen LogP contribution in [0.2, 0.25) is 0 Å². The molecule has 1 saturated carbocycles. The first kappa shape index (κ1) is 10.4. The predicted molar refractivity (Wildman–Crippen MR) is 57.2 cm³/mol. The molecule has 0 spiro atoms. The van der Waals surface area contributed by atoms with Crippen molar-refractivity contribution in [3.8, 4) is 0 Å². The molecule has 0 radical (unpaired) electrons. The summed E-state index contributed by atoms with van der Waals surface area (Å²) in [4.78, 5) is 2.53. The van der Waals surface area contributed by atoms with Crippen molar-refractivity contribution < 1.29 is 4.74 Å². The minimum atomic E-state index is 0.208. The van der Waals surface area contributed by atoms with Crippen LogP contribution in [-0.4, -0.2) is 43.3 Å². The quantitative estimate of drug-likeness (QED) is 0.730. The van der Waals surface area contributed by atoms with E-state index >= 15 is 0 Å². The monoisotopic (exact) mass is 198 g/mol. The summed E-state index contributed by atoms with van der Waals surface area (Å²) in [7, 11) is 2.24. The molecule has 1 aliphatic heterocycles. The van der Waals surface area contributed by atoms with Gasteiger partial charge in [-0.25, -0.2) is 0 Å². The van der Waals surface area contributed by atoms with E-state index in [9.17, 15) is 0 Å². The number of likely N-dealkylation sites (N-methyl/N-ethyl adjacent to an activating group) is 1. The molecule has 0 aromatic heterocycles. The highest BCUT2D eigenvalue weighted by molar-refractivity contribution is 5.01. The van der Waals surface area contributed by atoms with E-state index in [2.05, 4.69) is 18.9 Å². The molecule has 0 bridgehead atoms. The van der Waals surface area contributed by atoms with Gasteiger partial charge in [-0.15, -0.1) is 0 Å². The highest BCUT2D eigenvalue weighted by Crippen LogP contribution is 2.38. The zero-order valence-electron chi connectivity index (χ0n) is 9.33. The lowest BCUT2D eigenvalue weighted by Crippen LogP contribution is -2.60. The Kier molecular flexibility index (Phi) is 2.82. The number of hydrogen-bond acceptors (Lipinski definition) is 3. The first-order valence-corrected chi connectivity index (χ1v) is 5.71. The van der Waals surface area contributed by atoms with E-state index in [0.717, 1.165) is 32.2 Å². The molecule has 82 valence electrons. The van der Waals surface area contributed by atoms with Crippen LogP contribution in [0.1, 0.15) is 26.2 Å². The lowest BCUT2D eigenvalue weighted by Gasteiger charge is -2.48. The molecule has 1 heterocycles. The summed E-state index contributed by atoms with van der Waals surface area (Å²) in [5.41, 5.74) is 6.21. The second kappa shape index (κ2) is 3.80. The minimum Gasteiger partial charge on any atom is -0.381 e. The van der Waals surface area contributed by atoms with Gasteiger partial charge >= 0.3 is 0 Å². The highest BCUT2D eigenvalue weighted by Gasteiger charge is 2.46. The predicted octanol–water partition coefficient (Wildman–Crippen LogP) is 0.835. The Morgan fingerprint density at radius 3 is 2.71 bits per heavy atom. The molecule has 3 nitrogen and oxygen atoms in total. The average molecular weight is 198 g/mol. The molecular weight excluding hydrogens is 176 g/mol. The van der Waals surface area contributed by atoms with Crippen LogP contribution in [0.4, 0.5) is 0 Å². The van der Waals surface area contributed by atoms with Gasteiger partial charge in [-0.3, -0.25) is 4.90 Å². The van der Waals surface area contributed by atoms with Crippen molar-refractivity contribution in [2.24, 2.45) is 11.7 Å². The summed E-state index contributed by atoms with van der Waals surface area (Å²) in [6.45, 7) is 4.78. The van der Waals surface area contributed by atoms with E-state index < -0.39 is 0 Å². The smallest absolute Gasteiger partial charge is 0.0509 e. The lowest BCUT2D eigenvalue weighted by molar-refractivity contribution is -0.0593. The van der Waals surface area contributed by atoms with E-state index in [1.54, 1.807) is 0 Å². The number of nitrogens with two attached hydrogens (primary N) is 1. The van der Waals surface area contributed by atoms with Crippen LogP contribution in [0.5, 0.6) is 0 Å². The molecule has 1 saturated heterocycles. The molecule has 0 aromatic rings. The van der Waals surface area contributed by atoms with Crippen molar-refractivity contribution in [3.63, 3.8) is 0 Å². The molecule has 2 N–H and O–H groups in total. The normalized spacial score (nSPS) is 39.0. The van der Waals surface area contributed by atoms with E-state index in [1.807, 2.05) is 0 Å². The Bertz CT molecular complexity index is 205.